The Hall–Kier alpha value is -1.35. The number of hydrogen-bond donors (Lipinski definition) is 1. The normalized spacial score (nSPS) is 14.4. The van der Waals surface area contributed by atoms with E-state index in [1.165, 1.54) is 29.7 Å². The molecule has 0 saturated carbocycles. The summed E-state index contributed by atoms with van der Waals surface area (Å²) >= 11 is 1.70. The molecule has 0 radical (unpaired) electrons. The molecule has 0 amide bonds. The van der Waals surface area contributed by atoms with E-state index in [4.69, 9.17) is 0 Å². The first kappa shape index (κ1) is 8.92. The lowest BCUT2D eigenvalue weighted by molar-refractivity contribution is 0.830. The highest BCUT2D eigenvalue weighted by Crippen LogP contribution is 2.29. The van der Waals surface area contributed by atoms with Crippen LogP contribution in [0.4, 0.5) is 5.69 Å². The van der Waals surface area contributed by atoms with Crippen molar-refractivity contribution >= 4 is 17.0 Å². The van der Waals surface area contributed by atoms with Crippen LogP contribution in [0.3, 0.4) is 0 Å². The number of fused-ring (bicyclic) bond motifs is 1. The maximum absolute atomic E-state index is 4.33. The molecule has 1 aliphatic rings. The molecule has 2 aromatic rings. The monoisotopic (exact) mass is 216 g/mol. The molecule has 2 heterocycles. The van der Waals surface area contributed by atoms with E-state index in [1.807, 2.05) is 11.6 Å². The molecule has 0 unspecified atom stereocenters. The van der Waals surface area contributed by atoms with Gasteiger partial charge in [0, 0.05) is 29.4 Å². The highest BCUT2D eigenvalue weighted by molar-refractivity contribution is 7.13. The van der Waals surface area contributed by atoms with Gasteiger partial charge in [-0.15, -0.1) is 11.3 Å². The van der Waals surface area contributed by atoms with Crippen LogP contribution in [0.25, 0.3) is 10.6 Å². The number of nitrogens with one attached hydrogen (secondary N) is 1. The molecule has 15 heavy (non-hydrogen) atoms. The minimum absolute atomic E-state index is 1.10. The van der Waals surface area contributed by atoms with Crippen LogP contribution < -0.4 is 5.32 Å². The summed E-state index contributed by atoms with van der Waals surface area (Å²) in [7, 11) is 0. The smallest absolute Gasteiger partial charge is 0.123 e. The molecule has 3 rings (SSSR count). The van der Waals surface area contributed by atoms with Crippen molar-refractivity contribution in [1.82, 2.24) is 4.98 Å². The summed E-state index contributed by atoms with van der Waals surface area (Å²) in [5, 5.41) is 6.55. The predicted molar refractivity (Wildman–Crippen MR) is 64.4 cm³/mol. The SMILES string of the molecule is c1csc(-c2ccc3c(c2)CCCN3)n1. The Morgan fingerprint density at radius 2 is 2.33 bits per heavy atom. The molecule has 0 aliphatic carbocycles. The zero-order chi connectivity index (χ0) is 10.1. The second kappa shape index (κ2) is 3.66. The fourth-order valence-corrected chi connectivity index (χ4v) is 2.61. The Kier molecular flexibility index (Phi) is 2.18. The first-order valence-corrected chi connectivity index (χ1v) is 6.08. The van der Waals surface area contributed by atoms with Crippen LogP contribution in [0.5, 0.6) is 0 Å². The van der Waals surface area contributed by atoms with E-state index in [0.29, 0.717) is 0 Å². The topological polar surface area (TPSA) is 24.9 Å². The number of rotatable bonds is 1. The Bertz CT molecular complexity index is 462. The maximum Gasteiger partial charge on any atom is 0.123 e. The molecule has 0 bridgehead atoms. The van der Waals surface area contributed by atoms with E-state index in [0.717, 1.165) is 11.6 Å². The lowest BCUT2D eigenvalue weighted by atomic mass is 10.0. The van der Waals surface area contributed by atoms with Crippen molar-refractivity contribution in [3.8, 4) is 10.6 Å². The van der Waals surface area contributed by atoms with Crippen molar-refractivity contribution in [3.63, 3.8) is 0 Å². The Balaban J connectivity index is 2.04. The van der Waals surface area contributed by atoms with E-state index in [2.05, 4.69) is 28.5 Å². The Labute approximate surface area is 93.0 Å². The van der Waals surface area contributed by atoms with Gasteiger partial charge in [-0.05, 0) is 36.6 Å². The fraction of sp³-hybridized carbons (Fsp3) is 0.250. The van der Waals surface area contributed by atoms with Crippen molar-refractivity contribution < 1.29 is 0 Å². The molecule has 1 aromatic heterocycles. The molecule has 2 nitrogen and oxygen atoms in total. The summed E-state index contributed by atoms with van der Waals surface area (Å²) < 4.78 is 0. The number of aryl methyl sites for hydroxylation is 1. The molecular formula is C12H12N2S. The van der Waals surface area contributed by atoms with Crippen LogP contribution in [0.15, 0.2) is 29.8 Å². The minimum Gasteiger partial charge on any atom is -0.385 e. The maximum atomic E-state index is 4.33. The van der Waals surface area contributed by atoms with Gasteiger partial charge in [0.15, 0.2) is 0 Å². The van der Waals surface area contributed by atoms with Gasteiger partial charge in [0.1, 0.15) is 5.01 Å². The van der Waals surface area contributed by atoms with Crippen molar-refractivity contribution in [2.75, 3.05) is 11.9 Å². The lowest BCUT2D eigenvalue weighted by Gasteiger charge is -2.18. The number of aromatic nitrogens is 1. The van der Waals surface area contributed by atoms with E-state index in [-0.39, 0.29) is 0 Å². The van der Waals surface area contributed by atoms with E-state index >= 15 is 0 Å². The van der Waals surface area contributed by atoms with Crippen LogP contribution in [0, 0.1) is 0 Å². The number of benzene rings is 1. The molecule has 1 aliphatic heterocycles. The van der Waals surface area contributed by atoms with Crippen LogP contribution >= 0.6 is 11.3 Å². The standard InChI is InChI=1S/C12H12N2S/c1-2-9-8-10(12-14-6-7-15-12)3-4-11(9)13-5-1/h3-4,6-8,13H,1-2,5H2. The number of nitrogens with zero attached hydrogens (tertiary/aromatic N) is 1. The van der Waals surface area contributed by atoms with E-state index in [9.17, 15) is 0 Å². The lowest BCUT2D eigenvalue weighted by Crippen LogP contribution is -2.11. The van der Waals surface area contributed by atoms with Crippen LogP contribution in [0.2, 0.25) is 0 Å². The summed E-state index contributed by atoms with van der Waals surface area (Å²) in [6, 6.07) is 6.58. The number of thiazole rings is 1. The highest BCUT2D eigenvalue weighted by atomic mass is 32.1. The van der Waals surface area contributed by atoms with Crippen LogP contribution in [-0.4, -0.2) is 11.5 Å². The first-order valence-electron chi connectivity index (χ1n) is 5.20. The number of hydrogen-bond acceptors (Lipinski definition) is 3. The Morgan fingerprint density at radius 1 is 1.33 bits per heavy atom. The summed E-state index contributed by atoms with van der Waals surface area (Å²) in [4.78, 5) is 4.33. The van der Waals surface area contributed by atoms with Crippen molar-refractivity contribution in [2.45, 2.75) is 12.8 Å². The average Bonchev–Trinajstić information content (AvgIpc) is 2.82. The molecular weight excluding hydrogens is 204 g/mol. The van der Waals surface area contributed by atoms with Gasteiger partial charge in [0.25, 0.3) is 0 Å². The van der Waals surface area contributed by atoms with Crippen LogP contribution in [0.1, 0.15) is 12.0 Å². The van der Waals surface area contributed by atoms with Crippen molar-refractivity contribution in [1.29, 1.82) is 0 Å². The minimum atomic E-state index is 1.10. The summed E-state index contributed by atoms with van der Waals surface area (Å²) in [5.74, 6) is 0. The van der Waals surface area contributed by atoms with Gasteiger partial charge in [-0.2, -0.15) is 0 Å². The number of anilines is 1. The molecule has 0 spiro atoms. The predicted octanol–water partition coefficient (Wildman–Crippen LogP) is 3.17. The van der Waals surface area contributed by atoms with Crippen molar-refractivity contribution in [3.05, 3.63) is 35.3 Å². The van der Waals surface area contributed by atoms with E-state index < -0.39 is 0 Å². The molecule has 1 aromatic carbocycles. The van der Waals surface area contributed by atoms with Gasteiger partial charge in [-0.1, -0.05) is 0 Å². The molecule has 0 fully saturated rings. The average molecular weight is 216 g/mol. The van der Waals surface area contributed by atoms with Crippen molar-refractivity contribution in [2.24, 2.45) is 0 Å². The third-order valence-electron chi connectivity index (χ3n) is 2.72. The molecule has 1 N–H and O–H groups in total. The molecule has 0 atom stereocenters. The quantitative estimate of drug-likeness (QED) is 0.792. The van der Waals surface area contributed by atoms with Gasteiger partial charge in [-0.3, -0.25) is 0 Å². The van der Waals surface area contributed by atoms with E-state index in [1.54, 1.807) is 11.3 Å². The van der Waals surface area contributed by atoms with Gasteiger partial charge in [0.2, 0.25) is 0 Å². The van der Waals surface area contributed by atoms with Crippen LogP contribution in [-0.2, 0) is 6.42 Å². The fourth-order valence-electron chi connectivity index (χ4n) is 1.97. The van der Waals surface area contributed by atoms with Gasteiger partial charge < -0.3 is 5.32 Å². The third-order valence-corrected chi connectivity index (χ3v) is 3.55. The summed E-state index contributed by atoms with van der Waals surface area (Å²) in [5.41, 5.74) is 3.96. The second-order valence-electron chi connectivity index (χ2n) is 3.74. The molecule has 0 saturated heterocycles. The Morgan fingerprint density at radius 3 is 3.20 bits per heavy atom. The second-order valence-corrected chi connectivity index (χ2v) is 4.63. The zero-order valence-corrected chi connectivity index (χ0v) is 9.18. The van der Waals surface area contributed by atoms with Gasteiger partial charge in [0.05, 0.1) is 0 Å². The highest BCUT2D eigenvalue weighted by Gasteiger charge is 2.10. The third kappa shape index (κ3) is 1.63. The summed E-state index contributed by atoms with van der Waals surface area (Å²) in [6.45, 7) is 1.10. The van der Waals surface area contributed by atoms with Gasteiger partial charge >= 0.3 is 0 Å². The largest absolute Gasteiger partial charge is 0.385 e. The first-order chi connectivity index (χ1) is 7.43. The zero-order valence-electron chi connectivity index (χ0n) is 8.36. The van der Waals surface area contributed by atoms with Gasteiger partial charge in [-0.25, -0.2) is 4.98 Å². The summed E-state index contributed by atoms with van der Waals surface area (Å²) in [6.07, 6.45) is 4.27. The molecule has 76 valence electrons. The molecule has 3 heteroatoms.